The van der Waals surface area contributed by atoms with Crippen molar-refractivity contribution < 1.29 is 9.59 Å². The first kappa shape index (κ1) is 8.94. The third-order valence-corrected chi connectivity index (χ3v) is 0.974. The third-order valence-electron chi connectivity index (χ3n) is 0.974. The fraction of sp³-hybridized carbons (Fsp3) is 0.667. The number of nitrogens with two attached hydrogens (primary N) is 1. The number of primary amides is 1. The van der Waals surface area contributed by atoms with Crippen LogP contribution in [-0.4, -0.2) is 18.4 Å². The van der Waals surface area contributed by atoms with Gasteiger partial charge in [0.25, 0.3) is 0 Å². The van der Waals surface area contributed by atoms with E-state index in [0.717, 1.165) is 0 Å². The monoisotopic (exact) mass is 144 g/mol. The van der Waals surface area contributed by atoms with Crippen LogP contribution in [0.25, 0.3) is 0 Å². The topological polar surface area (TPSA) is 72.2 Å². The molecule has 0 bridgehead atoms. The molecule has 0 atom stereocenters. The maximum absolute atomic E-state index is 10.3. The second kappa shape index (κ2) is 4.78. The smallest absolute Gasteiger partial charge is 0.217 e. The molecule has 0 radical (unpaired) electrons. The first-order chi connectivity index (χ1) is 4.63. The Labute approximate surface area is 59.8 Å². The lowest BCUT2D eigenvalue weighted by atomic mass is 10.3. The lowest BCUT2D eigenvalue weighted by molar-refractivity contribution is -0.120. The van der Waals surface area contributed by atoms with E-state index in [1.54, 1.807) is 0 Å². The summed E-state index contributed by atoms with van der Waals surface area (Å²) in [5, 5.41) is 2.55. The van der Waals surface area contributed by atoms with E-state index in [9.17, 15) is 9.59 Å². The van der Waals surface area contributed by atoms with Gasteiger partial charge in [0.15, 0.2) is 0 Å². The lowest BCUT2D eigenvalue weighted by Crippen LogP contribution is -2.22. The van der Waals surface area contributed by atoms with E-state index < -0.39 is 0 Å². The van der Waals surface area contributed by atoms with Crippen molar-refractivity contribution in [1.82, 2.24) is 5.32 Å². The molecule has 2 amide bonds. The predicted molar refractivity (Wildman–Crippen MR) is 37.1 cm³/mol. The molecule has 10 heavy (non-hydrogen) atoms. The summed E-state index contributed by atoms with van der Waals surface area (Å²) in [6.07, 6.45) is 0.954. The third kappa shape index (κ3) is 6.94. The largest absolute Gasteiger partial charge is 0.370 e. The first-order valence-electron chi connectivity index (χ1n) is 3.15. The number of amides is 2. The predicted octanol–water partition coefficient (Wildman–Crippen LogP) is -0.612. The molecule has 0 fully saturated rings. The SMILES string of the molecule is CC(=O)NCCCC(N)=O. The quantitative estimate of drug-likeness (QED) is 0.516. The van der Waals surface area contributed by atoms with Crippen molar-refractivity contribution in [3.8, 4) is 0 Å². The molecule has 0 heterocycles. The molecule has 0 unspecified atom stereocenters. The summed E-state index contributed by atoms with van der Waals surface area (Å²) < 4.78 is 0. The Kier molecular flexibility index (Phi) is 4.28. The van der Waals surface area contributed by atoms with Crippen molar-refractivity contribution in [3.05, 3.63) is 0 Å². The second-order valence-electron chi connectivity index (χ2n) is 2.05. The van der Waals surface area contributed by atoms with E-state index in [1.807, 2.05) is 0 Å². The molecule has 0 aliphatic carbocycles. The van der Waals surface area contributed by atoms with Crippen molar-refractivity contribution in [1.29, 1.82) is 0 Å². The number of rotatable bonds is 4. The van der Waals surface area contributed by atoms with Crippen LogP contribution < -0.4 is 11.1 Å². The van der Waals surface area contributed by atoms with Gasteiger partial charge in [0.1, 0.15) is 0 Å². The van der Waals surface area contributed by atoms with Crippen LogP contribution in [0.3, 0.4) is 0 Å². The van der Waals surface area contributed by atoms with Crippen molar-refractivity contribution in [3.63, 3.8) is 0 Å². The summed E-state index contributed by atoms with van der Waals surface area (Å²) in [5.74, 6) is -0.408. The van der Waals surface area contributed by atoms with Gasteiger partial charge in [0, 0.05) is 19.9 Å². The molecule has 0 rings (SSSR count). The summed E-state index contributed by atoms with van der Waals surface area (Å²) in [4.78, 5) is 20.4. The average Bonchev–Trinajstić information content (AvgIpc) is 1.79. The second-order valence-corrected chi connectivity index (χ2v) is 2.05. The molecule has 0 spiro atoms. The van der Waals surface area contributed by atoms with E-state index in [-0.39, 0.29) is 11.8 Å². The van der Waals surface area contributed by atoms with Crippen LogP contribution >= 0.6 is 0 Å². The molecule has 0 aromatic heterocycles. The van der Waals surface area contributed by atoms with Crippen LogP contribution in [0.1, 0.15) is 19.8 Å². The van der Waals surface area contributed by atoms with Gasteiger partial charge >= 0.3 is 0 Å². The van der Waals surface area contributed by atoms with E-state index in [0.29, 0.717) is 19.4 Å². The van der Waals surface area contributed by atoms with Gasteiger partial charge in [0.05, 0.1) is 0 Å². The van der Waals surface area contributed by atoms with Gasteiger partial charge in [0.2, 0.25) is 11.8 Å². The van der Waals surface area contributed by atoms with E-state index in [4.69, 9.17) is 5.73 Å². The normalized spacial score (nSPS) is 8.90. The Morgan fingerprint density at radius 1 is 1.50 bits per heavy atom. The molecule has 0 saturated heterocycles. The summed E-state index contributed by atoms with van der Waals surface area (Å²) in [5.41, 5.74) is 4.86. The molecule has 0 aliphatic heterocycles. The summed E-state index contributed by atoms with van der Waals surface area (Å²) in [7, 11) is 0. The average molecular weight is 144 g/mol. The van der Waals surface area contributed by atoms with Crippen LogP contribution in [0, 0.1) is 0 Å². The Balaban J connectivity index is 3.06. The number of nitrogens with one attached hydrogen (secondary N) is 1. The highest BCUT2D eigenvalue weighted by molar-refractivity contribution is 5.74. The molecule has 58 valence electrons. The minimum atomic E-state index is -0.328. The standard InChI is InChI=1S/C6H12N2O2/c1-5(9)8-4-2-3-6(7)10/h2-4H2,1H3,(H2,7,10)(H,8,9). The zero-order valence-corrected chi connectivity index (χ0v) is 6.02. The molecule has 0 aromatic rings. The molecule has 0 aromatic carbocycles. The van der Waals surface area contributed by atoms with Crippen LogP contribution in [0.2, 0.25) is 0 Å². The zero-order valence-electron chi connectivity index (χ0n) is 6.02. The summed E-state index contributed by atoms with van der Waals surface area (Å²) in [6.45, 7) is 1.96. The molecule has 0 aliphatic rings. The Hall–Kier alpha value is -1.06. The van der Waals surface area contributed by atoms with Gasteiger partial charge in [-0.2, -0.15) is 0 Å². The van der Waals surface area contributed by atoms with Gasteiger partial charge in [-0.15, -0.1) is 0 Å². The lowest BCUT2D eigenvalue weighted by Gasteiger charge is -1.97. The molecule has 4 nitrogen and oxygen atoms in total. The Morgan fingerprint density at radius 3 is 2.50 bits per heavy atom. The highest BCUT2D eigenvalue weighted by Gasteiger charge is 1.93. The molecule has 3 N–H and O–H groups in total. The number of hydrogen-bond donors (Lipinski definition) is 2. The van der Waals surface area contributed by atoms with Gasteiger partial charge in [-0.05, 0) is 6.42 Å². The minimum Gasteiger partial charge on any atom is -0.370 e. The highest BCUT2D eigenvalue weighted by Crippen LogP contribution is 1.83. The van der Waals surface area contributed by atoms with E-state index in [1.165, 1.54) is 6.92 Å². The first-order valence-corrected chi connectivity index (χ1v) is 3.15. The molecule has 0 saturated carbocycles. The van der Waals surface area contributed by atoms with Crippen LogP contribution in [0.4, 0.5) is 0 Å². The van der Waals surface area contributed by atoms with Crippen LogP contribution in [-0.2, 0) is 9.59 Å². The van der Waals surface area contributed by atoms with E-state index >= 15 is 0 Å². The molecular formula is C6H12N2O2. The van der Waals surface area contributed by atoms with Crippen LogP contribution in [0.15, 0.2) is 0 Å². The van der Waals surface area contributed by atoms with Gasteiger partial charge in [-0.25, -0.2) is 0 Å². The Bertz CT molecular complexity index is 118. The molecule has 4 heteroatoms. The van der Waals surface area contributed by atoms with E-state index in [2.05, 4.69) is 5.32 Å². The van der Waals surface area contributed by atoms with Crippen molar-refractivity contribution in [2.45, 2.75) is 19.8 Å². The maximum atomic E-state index is 10.3. The highest BCUT2D eigenvalue weighted by atomic mass is 16.1. The van der Waals surface area contributed by atoms with Crippen molar-refractivity contribution >= 4 is 11.8 Å². The number of carbonyl (C=O) groups excluding carboxylic acids is 2. The fourth-order valence-corrected chi connectivity index (χ4v) is 0.527. The summed E-state index contributed by atoms with van der Waals surface area (Å²) in [6, 6.07) is 0. The number of hydrogen-bond acceptors (Lipinski definition) is 2. The zero-order chi connectivity index (χ0) is 7.98. The van der Waals surface area contributed by atoms with Gasteiger partial charge in [-0.3, -0.25) is 9.59 Å². The van der Waals surface area contributed by atoms with Gasteiger partial charge in [-0.1, -0.05) is 0 Å². The maximum Gasteiger partial charge on any atom is 0.217 e. The Morgan fingerprint density at radius 2 is 2.10 bits per heavy atom. The minimum absolute atomic E-state index is 0.0792. The van der Waals surface area contributed by atoms with Gasteiger partial charge < -0.3 is 11.1 Å². The van der Waals surface area contributed by atoms with Crippen molar-refractivity contribution in [2.24, 2.45) is 5.73 Å². The van der Waals surface area contributed by atoms with Crippen LogP contribution in [0.5, 0.6) is 0 Å². The fourth-order valence-electron chi connectivity index (χ4n) is 0.527. The summed E-state index contributed by atoms with van der Waals surface area (Å²) >= 11 is 0. The molecular weight excluding hydrogens is 132 g/mol. The number of carbonyl (C=O) groups is 2. The van der Waals surface area contributed by atoms with Crippen molar-refractivity contribution in [2.75, 3.05) is 6.54 Å².